The fourth-order valence-electron chi connectivity index (χ4n) is 3.13. The van der Waals surface area contributed by atoms with Crippen LogP contribution in [0.3, 0.4) is 0 Å². The van der Waals surface area contributed by atoms with Gasteiger partial charge in [0.05, 0.1) is 21.9 Å². The van der Waals surface area contributed by atoms with Gasteiger partial charge in [0.25, 0.3) is 0 Å². The number of sulfone groups is 1. The Bertz CT molecular complexity index is 689. The summed E-state index contributed by atoms with van der Waals surface area (Å²) in [5, 5.41) is 0. The van der Waals surface area contributed by atoms with Crippen LogP contribution >= 0.6 is 0 Å². The molecule has 2 fully saturated rings. The van der Waals surface area contributed by atoms with Crippen LogP contribution in [0.5, 0.6) is 0 Å². The molecule has 0 N–H and O–H groups in total. The number of rotatable bonds is 4. The van der Waals surface area contributed by atoms with Crippen molar-refractivity contribution >= 4 is 22.4 Å². The monoisotopic (exact) mass is 366 g/mol. The van der Waals surface area contributed by atoms with Crippen molar-refractivity contribution in [2.45, 2.75) is 56.6 Å². The number of benzene rings is 1. The first-order valence-electron chi connectivity index (χ1n) is 8.87. The third-order valence-electron chi connectivity index (χ3n) is 5.56. The van der Waals surface area contributed by atoms with Crippen LogP contribution < -0.4 is 5.46 Å². The van der Waals surface area contributed by atoms with Gasteiger partial charge in [-0.3, -0.25) is 0 Å². The average molecular weight is 366 g/mol. The van der Waals surface area contributed by atoms with Crippen molar-refractivity contribution in [3.8, 4) is 0 Å². The lowest BCUT2D eigenvalue weighted by atomic mass is 9.79. The fourth-order valence-corrected chi connectivity index (χ4v) is 4.83. The minimum absolute atomic E-state index is 0.182. The zero-order valence-corrected chi connectivity index (χ0v) is 16.3. The molecule has 2 aliphatic heterocycles. The van der Waals surface area contributed by atoms with Crippen molar-refractivity contribution in [1.82, 2.24) is 0 Å². The summed E-state index contributed by atoms with van der Waals surface area (Å²) in [6.45, 7) is 9.31. The van der Waals surface area contributed by atoms with Crippen LogP contribution in [0, 0.1) is 5.92 Å². The average Bonchev–Trinajstić information content (AvgIpc) is 2.76. The summed E-state index contributed by atoms with van der Waals surface area (Å²) in [6, 6.07) is 6.90. The Labute approximate surface area is 151 Å². The van der Waals surface area contributed by atoms with Crippen LogP contribution in [0.1, 0.15) is 40.5 Å². The lowest BCUT2D eigenvalue weighted by molar-refractivity contribution is 0.00578. The molecule has 5 nitrogen and oxygen atoms in total. The normalized spacial score (nSPS) is 23.8. The molecule has 0 bridgehead atoms. The molecule has 0 amide bonds. The molecule has 25 heavy (non-hydrogen) atoms. The fraction of sp³-hybridized carbons (Fsp3) is 0.667. The van der Waals surface area contributed by atoms with Gasteiger partial charge in [0.15, 0.2) is 9.84 Å². The van der Waals surface area contributed by atoms with E-state index in [1.165, 1.54) is 0 Å². The summed E-state index contributed by atoms with van der Waals surface area (Å²) in [7, 11) is -3.76. The molecule has 0 atom stereocenters. The maximum Gasteiger partial charge on any atom is 0.494 e. The van der Waals surface area contributed by atoms with Gasteiger partial charge in [0, 0.05) is 13.2 Å². The summed E-state index contributed by atoms with van der Waals surface area (Å²) >= 11 is 0. The van der Waals surface area contributed by atoms with E-state index in [1.54, 1.807) is 24.3 Å². The van der Waals surface area contributed by atoms with Crippen molar-refractivity contribution < 1.29 is 22.5 Å². The van der Waals surface area contributed by atoms with Crippen LogP contribution in [-0.4, -0.2) is 45.7 Å². The van der Waals surface area contributed by atoms with E-state index in [-0.39, 0.29) is 11.7 Å². The van der Waals surface area contributed by atoms with E-state index in [2.05, 4.69) is 0 Å². The van der Waals surface area contributed by atoms with Gasteiger partial charge < -0.3 is 14.0 Å². The predicted octanol–water partition coefficient (Wildman–Crippen LogP) is 2.19. The molecule has 0 aliphatic carbocycles. The van der Waals surface area contributed by atoms with Crippen LogP contribution in [0.2, 0.25) is 0 Å². The number of hydrogen-bond donors (Lipinski definition) is 0. The SMILES string of the molecule is CC1(C)OB(c2ccc(S(=O)(=O)CC3CCOCC3)cc2)OC1(C)C. The molecule has 1 aromatic rings. The largest absolute Gasteiger partial charge is 0.494 e. The maximum absolute atomic E-state index is 12.6. The standard InChI is InChI=1S/C18H27BO5S/c1-17(2)18(3,4)24-19(23-17)15-5-7-16(8-6-15)25(20,21)13-14-9-11-22-12-10-14/h5-8,14H,9-13H2,1-4H3. The van der Waals surface area contributed by atoms with Gasteiger partial charge in [-0.05, 0) is 64.1 Å². The van der Waals surface area contributed by atoms with E-state index in [1.807, 2.05) is 27.7 Å². The maximum atomic E-state index is 12.6. The molecule has 0 radical (unpaired) electrons. The van der Waals surface area contributed by atoms with Gasteiger partial charge >= 0.3 is 7.12 Å². The van der Waals surface area contributed by atoms with Crippen molar-refractivity contribution in [1.29, 1.82) is 0 Å². The van der Waals surface area contributed by atoms with Gasteiger partial charge in [-0.2, -0.15) is 0 Å². The van der Waals surface area contributed by atoms with Gasteiger partial charge in [-0.25, -0.2) is 8.42 Å². The van der Waals surface area contributed by atoms with Gasteiger partial charge in [-0.15, -0.1) is 0 Å². The van der Waals surface area contributed by atoms with E-state index in [9.17, 15) is 8.42 Å². The first-order valence-corrected chi connectivity index (χ1v) is 10.5. The quantitative estimate of drug-likeness (QED) is 0.765. The molecule has 7 heteroatoms. The topological polar surface area (TPSA) is 61.8 Å². The molecule has 0 spiro atoms. The lowest BCUT2D eigenvalue weighted by Crippen LogP contribution is -2.41. The van der Waals surface area contributed by atoms with E-state index >= 15 is 0 Å². The summed E-state index contributed by atoms with van der Waals surface area (Å²) < 4.78 is 42.6. The Hall–Kier alpha value is -0.885. The Morgan fingerprint density at radius 3 is 2.04 bits per heavy atom. The van der Waals surface area contributed by atoms with Crippen LogP contribution in [-0.2, 0) is 23.9 Å². The van der Waals surface area contributed by atoms with Gasteiger partial charge in [0.2, 0.25) is 0 Å². The molecule has 2 heterocycles. The Morgan fingerprint density at radius 1 is 1.00 bits per heavy atom. The molecule has 138 valence electrons. The van der Waals surface area contributed by atoms with Crippen molar-refractivity contribution in [3.63, 3.8) is 0 Å². The molecule has 1 aromatic carbocycles. The highest BCUT2D eigenvalue weighted by atomic mass is 32.2. The molecule has 0 aromatic heterocycles. The Morgan fingerprint density at radius 2 is 1.52 bits per heavy atom. The second-order valence-electron chi connectivity index (χ2n) is 7.99. The lowest BCUT2D eigenvalue weighted by Gasteiger charge is -2.32. The zero-order chi connectivity index (χ0) is 18.3. The molecule has 2 aliphatic rings. The van der Waals surface area contributed by atoms with Gasteiger partial charge in [-0.1, -0.05) is 12.1 Å². The summed E-state index contributed by atoms with van der Waals surface area (Å²) in [6.07, 6.45) is 1.62. The summed E-state index contributed by atoms with van der Waals surface area (Å²) in [5.41, 5.74) is 0.0142. The van der Waals surface area contributed by atoms with Crippen molar-refractivity contribution in [2.75, 3.05) is 19.0 Å². The minimum Gasteiger partial charge on any atom is -0.399 e. The van der Waals surface area contributed by atoms with E-state index in [0.717, 1.165) is 18.3 Å². The van der Waals surface area contributed by atoms with Crippen LogP contribution in [0.25, 0.3) is 0 Å². The van der Waals surface area contributed by atoms with E-state index in [0.29, 0.717) is 18.1 Å². The molecular formula is C18H27BO5S. The second-order valence-corrected chi connectivity index (χ2v) is 10.0. The molecule has 0 unspecified atom stereocenters. The smallest absolute Gasteiger partial charge is 0.399 e. The molecule has 3 rings (SSSR count). The molecule has 2 saturated heterocycles. The highest BCUT2D eigenvalue weighted by molar-refractivity contribution is 7.91. The van der Waals surface area contributed by atoms with Gasteiger partial charge in [0.1, 0.15) is 0 Å². The number of ether oxygens (including phenoxy) is 1. The first kappa shape index (κ1) is 18.9. The second kappa shape index (κ2) is 6.69. The van der Waals surface area contributed by atoms with E-state index in [4.69, 9.17) is 14.0 Å². The Kier molecular flexibility index (Phi) is 5.05. The first-order chi connectivity index (χ1) is 11.6. The highest BCUT2D eigenvalue weighted by Gasteiger charge is 2.51. The minimum atomic E-state index is -3.28. The van der Waals surface area contributed by atoms with Crippen LogP contribution in [0.4, 0.5) is 0 Å². The van der Waals surface area contributed by atoms with Crippen molar-refractivity contribution in [2.24, 2.45) is 5.92 Å². The third kappa shape index (κ3) is 3.94. The third-order valence-corrected chi connectivity index (χ3v) is 7.46. The van der Waals surface area contributed by atoms with E-state index < -0.39 is 28.2 Å². The Balaban J connectivity index is 1.72. The summed E-state index contributed by atoms with van der Waals surface area (Å²) in [5.74, 6) is 0.369. The zero-order valence-electron chi connectivity index (χ0n) is 15.4. The van der Waals surface area contributed by atoms with Crippen molar-refractivity contribution in [3.05, 3.63) is 24.3 Å². The predicted molar refractivity (Wildman–Crippen MR) is 97.8 cm³/mol. The summed E-state index contributed by atoms with van der Waals surface area (Å²) in [4.78, 5) is 0.360. The number of hydrogen-bond acceptors (Lipinski definition) is 5. The molecular weight excluding hydrogens is 339 g/mol. The van der Waals surface area contributed by atoms with Crippen LogP contribution in [0.15, 0.2) is 29.2 Å². The highest BCUT2D eigenvalue weighted by Crippen LogP contribution is 2.36. The molecule has 0 saturated carbocycles.